The van der Waals surface area contributed by atoms with Gasteiger partial charge in [0.1, 0.15) is 5.03 Å². The quantitative estimate of drug-likeness (QED) is 0.542. The molecular formula is C18H12N2OS2. The number of hydrogen-bond acceptors (Lipinski definition) is 4. The van der Waals surface area contributed by atoms with Gasteiger partial charge in [-0.15, -0.1) is 0 Å². The summed E-state index contributed by atoms with van der Waals surface area (Å²) < 4.78 is 0. The molecule has 0 saturated heterocycles. The van der Waals surface area contributed by atoms with Crippen molar-refractivity contribution in [3.63, 3.8) is 0 Å². The highest BCUT2D eigenvalue weighted by Gasteiger charge is 2.28. The molecule has 4 rings (SSSR count). The van der Waals surface area contributed by atoms with E-state index in [0.717, 1.165) is 32.9 Å². The van der Waals surface area contributed by atoms with Gasteiger partial charge in [-0.3, -0.25) is 9.69 Å². The van der Waals surface area contributed by atoms with Crippen molar-refractivity contribution in [3.05, 3.63) is 72.9 Å². The number of thioether (sulfide) groups is 1. The molecule has 2 heterocycles. The van der Waals surface area contributed by atoms with E-state index in [1.807, 2.05) is 66.7 Å². The molecule has 0 N–H and O–H groups in total. The van der Waals surface area contributed by atoms with Gasteiger partial charge in [0.25, 0.3) is 5.24 Å². The van der Waals surface area contributed by atoms with Gasteiger partial charge in [0, 0.05) is 16.0 Å². The van der Waals surface area contributed by atoms with Gasteiger partial charge < -0.3 is 0 Å². The van der Waals surface area contributed by atoms with Crippen LogP contribution in [0, 0.1) is 0 Å². The van der Waals surface area contributed by atoms with Crippen molar-refractivity contribution in [2.45, 2.75) is 14.8 Å². The first-order chi connectivity index (χ1) is 11.3. The van der Waals surface area contributed by atoms with Crippen molar-refractivity contribution in [2.75, 3.05) is 4.90 Å². The van der Waals surface area contributed by atoms with Gasteiger partial charge in [0.15, 0.2) is 0 Å². The SMILES string of the molecule is O=C(Sc1ccccn1)N1c2ccccc2Sc2ccccc21. The molecule has 3 aromatic rings. The summed E-state index contributed by atoms with van der Waals surface area (Å²) >= 11 is 2.84. The predicted molar refractivity (Wildman–Crippen MR) is 94.6 cm³/mol. The molecule has 1 amide bonds. The van der Waals surface area contributed by atoms with Gasteiger partial charge in [-0.1, -0.05) is 42.1 Å². The number of carbonyl (C=O) groups excluding carboxylic acids is 1. The summed E-state index contributed by atoms with van der Waals surface area (Å²) in [5, 5.41) is 0.648. The average Bonchev–Trinajstić information content (AvgIpc) is 2.60. The molecule has 0 spiro atoms. The van der Waals surface area contributed by atoms with Crippen molar-refractivity contribution in [1.82, 2.24) is 4.98 Å². The van der Waals surface area contributed by atoms with E-state index in [2.05, 4.69) is 4.98 Å². The standard InChI is InChI=1S/C18H12N2OS2/c21-18(23-17-11-5-6-12-19-17)20-13-7-1-3-9-15(13)22-16-10-4-2-8-14(16)20/h1-12H. The Kier molecular flexibility index (Phi) is 3.81. The molecule has 5 heteroatoms. The van der Waals surface area contributed by atoms with Crippen LogP contribution in [-0.4, -0.2) is 10.2 Å². The van der Waals surface area contributed by atoms with Crippen LogP contribution in [0.4, 0.5) is 16.2 Å². The number of para-hydroxylation sites is 2. The van der Waals surface area contributed by atoms with Crippen molar-refractivity contribution in [3.8, 4) is 0 Å². The minimum Gasteiger partial charge on any atom is -0.269 e. The minimum atomic E-state index is -0.0519. The Hall–Kier alpha value is -2.24. The van der Waals surface area contributed by atoms with Crippen molar-refractivity contribution >= 4 is 40.1 Å². The van der Waals surface area contributed by atoms with Crippen LogP contribution in [0.3, 0.4) is 0 Å². The lowest BCUT2D eigenvalue weighted by Crippen LogP contribution is -2.24. The summed E-state index contributed by atoms with van der Waals surface area (Å²) in [6, 6.07) is 21.5. The maximum atomic E-state index is 12.9. The van der Waals surface area contributed by atoms with E-state index in [1.54, 1.807) is 22.9 Å². The number of nitrogens with zero attached hydrogens (tertiary/aromatic N) is 2. The zero-order valence-electron chi connectivity index (χ0n) is 12.0. The monoisotopic (exact) mass is 336 g/mol. The Morgan fingerprint density at radius 3 is 2.09 bits per heavy atom. The van der Waals surface area contributed by atoms with E-state index in [-0.39, 0.29) is 5.24 Å². The van der Waals surface area contributed by atoms with E-state index < -0.39 is 0 Å². The van der Waals surface area contributed by atoms with Crippen LogP contribution in [0.1, 0.15) is 0 Å². The fourth-order valence-corrected chi connectivity index (χ4v) is 4.23. The summed E-state index contributed by atoms with van der Waals surface area (Å²) in [6.07, 6.45) is 1.70. The summed E-state index contributed by atoms with van der Waals surface area (Å²) in [6.45, 7) is 0. The second-order valence-corrected chi connectivity index (χ2v) is 6.96. The first-order valence-electron chi connectivity index (χ1n) is 7.12. The summed E-state index contributed by atoms with van der Waals surface area (Å²) in [5.74, 6) is 0. The van der Waals surface area contributed by atoms with Crippen LogP contribution in [0.25, 0.3) is 0 Å². The van der Waals surface area contributed by atoms with Gasteiger partial charge in [-0.2, -0.15) is 0 Å². The molecule has 0 atom stereocenters. The fraction of sp³-hybridized carbons (Fsp3) is 0. The van der Waals surface area contributed by atoms with E-state index in [1.165, 1.54) is 0 Å². The molecule has 0 bridgehead atoms. The van der Waals surface area contributed by atoms with E-state index in [9.17, 15) is 4.79 Å². The molecule has 0 radical (unpaired) electrons. The zero-order chi connectivity index (χ0) is 15.6. The molecule has 0 unspecified atom stereocenters. The van der Waals surface area contributed by atoms with Crippen molar-refractivity contribution in [2.24, 2.45) is 0 Å². The Morgan fingerprint density at radius 2 is 1.48 bits per heavy atom. The number of pyridine rings is 1. The molecule has 0 aliphatic carbocycles. The molecule has 1 aliphatic heterocycles. The first-order valence-corrected chi connectivity index (χ1v) is 8.75. The zero-order valence-corrected chi connectivity index (χ0v) is 13.7. The van der Waals surface area contributed by atoms with Crippen LogP contribution in [0.5, 0.6) is 0 Å². The Balaban J connectivity index is 1.77. The van der Waals surface area contributed by atoms with E-state index in [0.29, 0.717) is 5.03 Å². The normalized spacial score (nSPS) is 12.4. The second kappa shape index (κ2) is 6.10. The molecule has 1 aromatic heterocycles. The molecule has 0 fully saturated rings. The highest BCUT2D eigenvalue weighted by molar-refractivity contribution is 8.13. The minimum absolute atomic E-state index is 0.0519. The molecule has 112 valence electrons. The number of anilines is 2. The Labute approximate surface area is 142 Å². The number of hydrogen-bond donors (Lipinski definition) is 0. The third kappa shape index (κ3) is 2.73. The van der Waals surface area contributed by atoms with Gasteiger partial charge in [0.05, 0.1) is 11.4 Å². The van der Waals surface area contributed by atoms with E-state index in [4.69, 9.17) is 0 Å². The largest absolute Gasteiger partial charge is 0.297 e. The maximum absolute atomic E-state index is 12.9. The lowest BCUT2D eigenvalue weighted by atomic mass is 10.2. The molecule has 2 aromatic carbocycles. The number of carbonyl (C=O) groups is 1. The van der Waals surface area contributed by atoms with Crippen LogP contribution in [0.15, 0.2) is 87.7 Å². The Bertz CT molecular complexity index is 822. The number of fused-ring (bicyclic) bond motifs is 2. The fourth-order valence-electron chi connectivity index (χ4n) is 2.44. The molecular weight excluding hydrogens is 324 g/mol. The lowest BCUT2D eigenvalue weighted by Gasteiger charge is -2.30. The summed E-state index contributed by atoms with van der Waals surface area (Å²) in [5.41, 5.74) is 1.84. The van der Waals surface area contributed by atoms with Crippen LogP contribution < -0.4 is 4.90 Å². The third-order valence-electron chi connectivity index (χ3n) is 3.44. The highest BCUT2D eigenvalue weighted by Crippen LogP contribution is 2.49. The van der Waals surface area contributed by atoms with Gasteiger partial charge >= 0.3 is 0 Å². The third-order valence-corrected chi connectivity index (χ3v) is 5.38. The molecule has 23 heavy (non-hydrogen) atoms. The van der Waals surface area contributed by atoms with Gasteiger partial charge in [0.2, 0.25) is 0 Å². The number of amides is 1. The topological polar surface area (TPSA) is 33.2 Å². The number of rotatable bonds is 1. The van der Waals surface area contributed by atoms with Crippen molar-refractivity contribution in [1.29, 1.82) is 0 Å². The summed E-state index contributed by atoms with van der Waals surface area (Å²) in [7, 11) is 0. The molecule has 3 nitrogen and oxygen atoms in total. The highest BCUT2D eigenvalue weighted by atomic mass is 32.2. The lowest BCUT2D eigenvalue weighted by molar-refractivity contribution is 0.266. The number of aromatic nitrogens is 1. The van der Waals surface area contributed by atoms with Crippen LogP contribution in [-0.2, 0) is 0 Å². The molecule has 1 aliphatic rings. The second-order valence-electron chi connectivity index (χ2n) is 4.91. The van der Waals surface area contributed by atoms with Gasteiger partial charge in [-0.25, -0.2) is 4.98 Å². The first kappa shape index (κ1) is 14.4. The molecule has 0 saturated carbocycles. The van der Waals surface area contributed by atoms with Crippen molar-refractivity contribution < 1.29 is 4.79 Å². The Morgan fingerprint density at radius 1 is 0.870 bits per heavy atom. The number of benzene rings is 2. The smallest absolute Gasteiger partial charge is 0.269 e. The van der Waals surface area contributed by atoms with Crippen LogP contribution in [0.2, 0.25) is 0 Å². The maximum Gasteiger partial charge on any atom is 0.297 e. The van der Waals surface area contributed by atoms with Crippen LogP contribution >= 0.6 is 23.5 Å². The van der Waals surface area contributed by atoms with Gasteiger partial charge in [-0.05, 0) is 48.2 Å². The van der Waals surface area contributed by atoms with E-state index >= 15 is 0 Å². The average molecular weight is 336 g/mol. The summed E-state index contributed by atoms with van der Waals surface area (Å²) in [4.78, 5) is 21.1. The predicted octanol–water partition coefficient (Wildman–Crippen LogP) is 5.60.